The van der Waals surface area contributed by atoms with E-state index < -0.39 is 11.7 Å². The second-order valence-corrected chi connectivity index (χ2v) is 5.60. The van der Waals surface area contributed by atoms with Crippen LogP contribution in [0.5, 0.6) is 0 Å². The SMILES string of the molecule is Cc1cccc(NC(=O)CCNC(=O)Cc2c(F)cccc2Cl)n1. The monoisotopic (exact) mass is 349 g/mol. The molecule has 2 N–H and O–H groups in total. The molecule has 2 amide bonds. The van der Waals surface area contributed by atoms with Crippen LogP contribution >= 0.6 is 11.6 Å². The molecule has 5 nitrogen and oxygen atoms in total. The number of nitrogens with one attached hydrogen (secondary N) is 2. The summed E-state index contributed by atoms with van der Waals surface area (Å²) < 4.78 is 13.6. The maximum absolute atomic E-state index is 13.6. The zero-order valence-electron chi connectivity index (χ0n) is 13.1. The van der Waals surface area contributed by atoms with Gasteiger partial charge in [0.2, 0.25) is 11.8 Å². The molecule has 1 aromatic carbocycles. The fraction of sp³-hybridized carbons (Fsp3) is 0.235. The Hall–Kier alpha value is -2.47. The molecule has 0 aliphatic rings. The van der Waals surface area contributed by atoms with E-state index in [-0.39, 0.29) is 35.9 Å². The van der Waals surface area contributed by atoms with Crippen molar-refractivity contribution in [3.8, 4) is 0 Å². The van der Waals surface area contributed by atoms with Crippen LogP contribution in [0.3, 0.4) is 0 Å². The van der Waals surface area contributed by atoms with Crippen molar-refractivity contribution in [1.29, 1.82) is 0 Å². The van der Waals surface area contributed by atoms with Crippen molar-refractivity contribution in [3.63, 3.8) is 0 Å². The fourth-order valence-corrected chi connectivity index (χ4v) is 2.29. The number of nitrogens with zero attached hydrogens (tertiary/aromatic N) is 1. The second kappa shape index (κ2) is 8.40. The van der Waals surface area contributed by atoms with E-state index in [0.717, 1.165) is 5.69 Å². The standard InChI is InChI=1S/C17H17ClFN3O2/c1-11-4-2-7-15(21-11)22-16(23)8-9-20-17(24)10-12-13(18)5-3-6-14(12)19/h2-7H,8-10H2,1H3,(H,20,24)(H,21,22,23). The Morgan fingerprint density at radius 3 is 2.62 bits per heavy atom. The van der Waals surface area contributed by atoms with Gasteiger partial charge < -0.3 is 10.6 Å². The van der Waals surface area contributed by atoms with Gasteiger partial charge in [-0.2, -0.15) is 0 Å². The van der Waals surface area contributed by atoms with E-state index >= 15 is 0 Å². The number of hydrogen-bond donors (Lipinski definition) is 2. The summed E-state index contributed by atoms with van der Waals surface area (Å²) in [5.41, 5.74) is 0.938. The largest absolute Gasteiger partial charge is 0.355 e. The van der Waals surface area contributed by atoms with E-state index in [1.54, 1.807) is 12.1 Å². The minimum absolute atomic E-state index is 0.0896. The summed E-state index contributed by atoms with van der Waals surface area (Å²) in [7, 11) is 0. The normalized spacial score (nSPS) is 10.3. The molecule has 1 aromatic heterocycles. The first-order valence-corrected chi connectivity index (χ1v) is 7.76. The summed E-state index contributed by atoms with van der Waals surface area (Å²) in [5, 5.41) is 5.41. The number of anilines is 1. The van der Waals surface area contributed by atoms with Gasteiger partial charge in [-0.25, -0.2) is 9.37 Å². The van der Waals surface area contributed by atoms with Crippen LogP contribution < -0.4 is 10.6 Å². The van der Waals surface area contributed by atoms with E-state index in [9.17, 15) is 14.0 Å². The number of carbonyl (C=O) groups is 2. The molecule has 0 saturated heterocycles. The molecular weight excluding hydrogens is 333 g/mol. The molecule has 0 radical (unpaired) electrons. The topological polar surface area (TPSA) is 71.1 Å². The third-order valence-corrected chi connectivity index (χ3v) is 3.58. The number of halogens is 2. The first kappa shape index (κ1) is 17.9. The van der Waals surface area contributed by atoms with Gasteiger partial charge in [0.15, 0.2) is 0 Å². The van der Waals surface area contributed by atoms with Crippen LogP contribution in [0.4, 0.5) is 10.2 Å². The van der Waals surface area contributed by atoms with Gasteiger partial charge in [-0.05, 0) is 31.2 Å². The highest BCUT2D eigenvalue weighted by molar-refractivity contribution is 6.31. The van der Waals surface area contributed by atoms with Crippen LogP contribution in [0.25, 0.3) is 0 Å². The maximum atomic E-state index is 13.6. The summed E-state index contributed by atoms with van der Waals surface area (Å²) in [6.45, 7) is 1.96. The average molecular weight is 350 g/mol. The van der Waals surface area contributed by atoms with E-state index in [4.69, 9.17) is 11.6 Å². The number of aromatic nitrogens is 1. The van der Waals surface area contributed by atoms with E-state index in [2.05, 4.69) is 15.6 Å². The molecule has 2 rings (SSSR count). The molecule has 0 spiro atoms. The Kier molecular flexibility index (Phi) is 6.26. The van der Waals surface area contributed by atoms with Crippen molar-refractivity contribution in [3.05, 3.63) is 58.5 Å². The fourth-order valence-electron chi connectivity index (χ4n) is 2.06. The van der Waals surface area contributed by atoms with Crippen molar-refractivity contribution in [2.24, 2.45) is 0 Å². The van der Waals surface area contributed by atoms with Crippen molar-refractivity contribution >= 4 is 29.2 Å². The predicted molar refractivity (Wildman–Crippen MR) is 90.3 cm³/mol. The summed E-state index contributed by atoms with van der Waals surface area (Å²) in [6.07, 6.45) is -0.0844. The van der Waals surface area contributed by atoms with Crippen molar-refractivity contribution in [2.45, 2.75) is 19.8 Å². The lowest BCUT2D eigenvalue weighted by Crippen LogP contribution is -2.29. The van der Waals surface area contributed by atoms with Gasteiger partial charge >= 0.3 is 0 Å². The van der Waals surface area contributed by atoms with E-state index in [1.807, 2.05) is 13.0 Å². The maximum Gasteiger partial charge on any atom is 0.227 e. The lowest BCUT2D eigenvalue weighted by molar-refractivity contribution is -0.120. The Bertz CT molecular complexity index is 732. The third-order valence-electron chi connectivity index (χ3n) is 3.23. The number of pyridine rings is 1. The molecule has 0 bridgehead atoms. The molecular formula is C17H17ClFN3O2. The van der Waals surface area contributed by atoms with Crippen LogP contribution in [0, 0.1) is 12.7 Å². The smallest absolute Gasteiger partial charge is 0.227 e. The molecule has 0 unspecified atom stereocenters. The predicted octanol–water partition coefficient (Wildman–Crippen LogP) is 2.87. The van der Waals surface area contributed by atoms with E-state index in [0.29, 0.717) is 5.82 Å². The Balaban J connectivity index is 1.77. The molecule has 0 aliphatic heterocycles. The summed E-state index contributed by atoms with van der Waals surface area (Å²) >= 11 is 5.87. The van der Waals surface area contributed by atoms with Gasteiger partial charge in [0.05, 0.1) is 6.42 Å². The van der Waals surface area contributed by atoms with Crippen LogP contribution in [-0.4, -0.2) is 23.3 Å². The highest BCUT2D eigenvalue weighted by Crippen LogP contribution is 2.19. The third kappa shape index (κ3) is 5.31. The lowest BCUT2D eigenvalue weighted by atomic mass is 10.1. The molecule has 2 aromatic rings. The van der Waals surface area contributed by atoms with E-state index in [1.165, 1.54) is 18.2 Å². The summed E-state index contributed by atoms with van der Waals surface area (Å²) in [5.74, 6) is -0.730. The minimum atomic E-state index is -0.527. The van der Waals surface area contributed by atoms with Crippen molar-refractivity contribution in [2.75, 3.05) is 11.9 Å². The van der Waals surface area contributed by atoms with Crippen LogP contribution in [0.2, 0.25) is 5.02 Å². The lowest BCUT2D eigenvalue weighted by Gasteiger charge is -2.08. The molecule has 24 heavy (non-hydrogen) atoms. The van der Waals surface area contributed by atoms with Crippen LogP contribution in [0.1, 0.15) is 17.7 Å². The van der Waals surface area contributed by atoms with Gasteiger partial charge in [0.25, 0.3) is 0 Å². The molecule has 126 valence electrons. The highest BCUT2D eigenvalue weighted by atomic mass is 35.5. The molecule has 7 heteroatoms. The summed E-state index contributed by atoms with van der Waals surface area (Å²) in [4.78, 5) is 27.8. The average Bonchev–Trinajstić information content (AvgIpc) is 2.51. The van der Waals surface area contributed by atoms with Crippen LogP contribution in [0.15, 0.2) is 36.4 Å². The number of benzene rings is 1. The zero-order valence-corrected chi connectivity index (χ0v) is 13.9. The number of carbonyl (C=O) groups excluding carboxylic acids is 2. The number of aryl methyl sites for hydroxylation is 1. The molecule has 0 atom stereocenters. The second-order valence-electron chi connectivity index (χ2n) is 5.19. The van der Waals surface area contributed by atoms with Gasteiger partial charge in [0, 0.05) is 29.2 Å². The number of rotatable bonds is 6. The van der Waals surface area contributed by atoms with Gasteiger partial charge in [-0.1, -0.05) is 23.7 Å². The van der Waals surface area contributed by atoms with Crippen molar-refractivity contribution in [1.82, 2.24) is 10.3 Å². The quantitative estimate of drug-likeness (QED) is 0.842. The number of hydrogen-bond acceptors (Lipinski definition) is 3. The van der Waals surface area contributed by atoms with Gasteiger partial charge in [-0.3, -0.25) is 9.59 Å². The number of amides is 2. The van der Waals surface area contributed by atoms with Crippen molar-refractivity contribution < 1.29 is 14.0 Å². The zero-order chi connectivity index (χ0) is 17.5. The first-order valence-electron chi connectivity index (χ1n) is 7.39. The first-order chi connectivity index (χ1) is 11.5. The van der Waals surface area contributed by atoms with Crippen LogP contribution in [-0.2, 0) is 16.0 Å². The Labute approximate surface area is 144 Å². The Morgan fingerprint density at radius 1 is 1.17 bits per heavy atom. The summed E-state index contributed by atoms with van der Waals surface area (Å²) in [6, 6.07) is 9.54. The molecule has 1 heterocycles. The Morgan fingerprint density at radius 2 is 1.92 bits per heavy atom. The molecule has 0 fully saturated rings. The highest BCUT2D eigenvalue weighted by Gasteiger charge is 2.12. The molecule has 0 saturated carbocycles. The van der Waals surface area contributed by atoms with Gasteiger partial charge in [-0.15, -0.1) is 0 Å². The van der Waals surface area contributed by atoms with Gasteiger partial charge in [0.1, 0.15) is 11.6 Å². The minimum Gasteiger partial charge on any atom is -0.355 e. The molecule has 0 aliphatic carbocycles.